The van der Waals surface area contributed by atoms with Crippen LogP contribution in [0.3, 0.4) is 0 Å². The van der Waals surface area contributed by atoms with E-state index in [1.165, 1.54) is 19.1 Å². The topological polar surface area (TPSA) is 63.6 Å². The van der Waals surface area contributed by atoms with Crippen LogP contribution in [0.2, 0.25) is 5.02 Å². The monoisotopic (exact) mass is 270 g/mol. The lowest BCUT2D eigenvalue weighted by atomic mass is 9.85. The number of aldehydes is 1. The maximum atomic E-state index is 10.8. The Morgan fingerprint density at radius 1 is 1.50 bits per heavy atom. The van der Waals surface area contributed by atoms with Gasteiger partial charge < -0.3 is 9.84 Å². The van der Waals surface area contributed by atoms with Crippen molar-refractivity contribution in [1.29, 1.82) is 0 Å². The minimum Gasteiger partial charge on any atom is -0.507 e. The van der Waals surface area contributed by atoms with Crippen molar-refractivity contribution in [2.24, 2.45) is 0 Å². The van der Waals surface area contributed by atoms with Crippen LogP contribution in [-0.2, 0) is 14.9 Å². The van der Waals surface area contributed by atoms with Crippen LogP contribution in [0.4, 0.5) is 0 Å². The van der Waals surface area contributed by atoms with E-state index in [1.807, 2.05) is 13.8 Å². The van der Waals surface area contributed by atoms with Gasteiger partial charge in [-0.3, -0.25) is 9.59 Å². The Kier molecular flexibility index (Phi) is 4.35. The summed E-state index contributed by atoms with van der Waals surface area (Å²) in [6.07, 6.45) is 0.532. The summed E-state index contributed by atoms with van der Waals surface area (Å²) in [4.78, 5) is 21.5. The number of phenols is 1. The summed E-state index contributed by atoms with van der Waals surface area (Å²) in [5, 5.41) is 10.0. The number of phenolic OH excluding ortho intramolecular Hbond substituents is 1. The van der Waals surface area contributed by atoms with Gasteiger partial charge in [-0.25, -0.2) is 0 Å². The fourth-order valence-corrected chi connectivity index (χ4v) is 1.98. The summed E-state index contributed by atoms with van der Waals surface area (Å²) < 4.78 is 4.96. The quantitative estimate of drug-likeness (QED) is 0.675. The van der Waals surface area contributed by atoms with E-state index in [1.54, 1.807) is 0 Å². The number of esters is 1. The summed E-state index contributed by atoms with van der Waals surface area (Å²) in [6, 6.07) is 2.82. The lowest BCUT2D eigenvalue weighted by Gasteiger charge is -2.26. The molecule has 0 saturated heterocycles. The standard InChI is InChI=1S/C13H15ClO4/c1-8(16)18-7-13(2,3)10-5-12(17)9(6-15)4-11(10)14/h4-6,17H,7H2,1-3H3. The fraction of sp³-hybridized carbons (Fsp3) is 0.385. The predicted octanol–water partition coefficient (Wildman–Crippen LogP) is 2.70. The summed E-state index contributed by atoms with van der Waals surface area (Å²) in [5.41, 5.74) is 0.197. The Hall–Kier alpha value is -1.55. The Morgan fingerprint density at radius 3 is 2.61 bits per heavy atom. The SMILES string of the molecule is CC(=O)OCC(C)(C)c1cc(O)c(C=O)cc1Cl. The van der Waals surface area contributed by atoms with Gasteiger partial charge >= 0.3 is 5.97 Å². The van der Waals surface area contributed by atoms with Gasteiger partial charge in [-0.1, -0.05) is 25.4 Å². The van der Waals surface area contributed by atoms with Crippen LogP contribution in [0.1, 0.15) is 36.7 Å². The van der Waals surface area contributed by atoms with Crippen LogP contribution in [0, 0.1) is 0 Å². The number of rotatable bonds is 4. The highest BCUT2D eigenvalue weighted by Crippen LogP contribution is 2.34. The van der Waals surface area contributed by atoms with E-state index in [4.69, 9.17) is 16.3 Å². The van der Waals surface area contributed by atoms with Crippen LogP contribution in [0.15, 0.2) is 12.1 Å². The second kappa shape index (κ2) is 5.40. The van der Waals surface area contributed by atoms with E-state index in [9.17, 15) is 14.7 Å². The van der Waals surface area contributed by atoms with Crippen molar-refractivity contribution in [2.45, 2.75) is 26.2 Å². The van der Waals surface area contributed by atoms with Crippen LogP contribution < -0.4 is 0 Å². The number of benzene rings is 1. The van der Waals surface area contributed by atoms with Crippen LogP contribution in [-0.4, -0.2) is 24.0 Å². The maximum Gasteiger partial charge on any atom is 0.302 e. The number of hydrogen-bond acceptors (Lipinski definition) is 4. The average molecular weight is 271 g/mol. The Balaban J connectivity index is 3.11. The third kappa shape index (κ3) is 3.23. The molecular formula is C13H15ClO4. The van der Waals surface area contributed by atoms with Gasteiger partial charge in [0.05, 0.1) is 5.56 Å². The summed E-state index contributed by atoms with van der Waals surface area (Å²) >= 11 is 6.07. The average Bonchev–Trinajstić information content (AvgIpc) is 2.29. The molecule has 0 fully saturated rings. The molecule has 0 spiro atoms. The van der Waals surface area contributed by atoms with Gasteiger partial charge in [0.1, 0.15) is 12.4 Å². The van der Waals surface area contributed by atoms with Crippen molar-refractivity contribution in [3.05, 3.63) is 28.3 Å². The normalized spacial score (nSPS) is 11.1. The van der Waals surface area contributed by atoms with E-state index < -0.39 is 5.41 Å². The zero-order valence-corrected chi connectivity index (χ0v) is 11.2. The molecule has 0 aliphatic rings. The predicted molar refractivity (Wildman–Crippen MR) is 68.2 cm³/mol. The highest BCUT2D eigenvalue weighted by molar-refractivity contribution is 6.31. The third-order valence-electron chi connectivity index (χ3n) is 2.61. The molecule has 0 atom stereocenters. The van der Waals surface area contributed by atoms with Gasteiger partial charge in [-0.2, -0.15) is 0 Å². The molecule has 1 aromatic carbocycles. The summed E-state index contributed by atoms with van der Waals surface area (Å²) in [7, 11) is 0. The third-order valence-corrected chi connectivity index (χ3v) is 2.92. The van der Waals surface area contributed by atoms with Gasteiger partial charge in [-0.15, -0.1) is 0 Å². The molecule has 1 rings (SSSR count). The van der Waals surface area contributed by atoms with E-state index >= 15 is 0 Å². The fourth-order valence-electron chi connectivity index (χ4n) is 1.55. The van der Waals surface area contributed by atoms with E-state index in [0.29, 0.717) is 16.9 Å². The molecular weight excluding hydrogens is 256 g/mol. The molecule has 98 valence electrons. The van der Waals surface area contributed by atoms with Crippen molar-refractivity contribution in [2.75, 3.05) is 6.61 Å². The van der Waals surface area contributed by atoms with E-state index in [0.717, 1.165) is 0 Å². The highest BCUT2D eigenvalue weighted by atomic mass is 35.5. The number of ether oxygens (including phenoxy) is 1. The second-order valence-corrected chi connectivity index (χ2v) is 5.08. The largest absolute Gasteiger partial charge is 0.507 e. The molecule has 0 unspecified atom stereocenters. The molecule has 0 amide bonds. The number of halogens is 1. The second-order valence-electron chi connectivity index (χ2n) is 4.67. The number of hydrogen-bond donors (Lipinski definition) is 1. The van der Waals surface area contributed by atoms with Crippen LogP contribution in [0.25, 0.3) is 0 Å². The van der Waals surface area contributed by atoms with E-state index in [-0.39, 0.29) is 23.9 Å². The lowest BCUT2D eigenvalue weighted by Crippen LogP contribution is -2.26. The summed E-state index contributed by atoms with van der Waals surface area (Å²) in [5.74, 6) is -0.520. The van der Waals surface area contributed by atoms with E-state index in [2.05, 4.69) is 0 Å². The van der Waals surface area contributed by atoms with Crippen molar-refractivity contribution in [3.8, 4) is 5.75 Å². The number of carbonyl (C=O) groups is 2. The van der Waals surface area contributed by atoms with Gasteiger partial charge in [-0.05, 0) is 17.7 Å². The number of carbonyl (C=O) groups excluding carboxylic acids is 2. The molecule has 5 heteroatoms. The maximum absolute atomic E-state index is 10.8. The van der Waals surface area contributed by atoms with Crippen LogP contribution >= 0.6 is 11.6 Å². The highest BCUT2D eigenvalue weighted by Gasteiger charge is 2.26. The molecule has 0 radical (unpaired) electrons. The van der Waals surface area contributed by atoms with Gasteiger partial charge in [0.15, 0.2) is 6.29 Å². The first-order valence-electron chi connectivity index (χ1n) is 5.39. The van der Waals surface area contributed by atoms with Crippen molar-refractivity contribution < 1.29 is 19.4 Å². The first-order valence-corrected chi connectivity index (χ1v) is 5.77. The van der Waals surface area contributed by atoms with Crippen molar-refractivity contribution in [1.82, 2.24) is 0 Å². The van der Waals surface area contributed by atoms with Crippen molar-refractivity contribution >= 4 is 23.9 Å². The molecule has 1 N–H and O–H groups in total. The first-order chi connectivity index (χ1) is 8.27. The van der Waals surface area contributed by atoms with Crippen molar-refractivity contribution in [3.63, 3.8) is 0 Å². The first kappa shape index (κ1) is 14.5. The molecule has 0 saturated carbocycles. The zero-order valence-electron chi connectivity index (χ0n) is 10.5. The molecule has 18 heavy (non-hydrogen) atoms. The summed E-state index contributed by atoms with van der Waals surface area (Å²) in [6.45, 7) is 5.13. The lowest BCUT2D eigenvalue weighted by molar-refractivity contribution is -0.142. The molecule has 0 bridgehead atoms. The molecule has 0 aromatic heterocycles. The molecule has 4 nitrogen and oxygen atoms in total. The molecule has 0 aliphatic carbocycles. The minimum absolute atomic E-state index is 0.132. The Bertz CT molecular complexity index is 480. The smallest absolute Gasteiger partial charge is 0.302 e. The Labute approximate surface area is 111 Å². The van der Waals surface area contributed by atoms with Gasteiger partial charge in [0.25, 0.3) is 0 Å². The molecule has 0 heterocycles. The van der Waals surface area contributed by atoms with Gasteiger partial charge in [0, 0.05) is 17.4 Å². The van der Waals surface area contributed by atoms with Crippen LogP contribution in [0.5, 0.6) is 5.75 Å². The Morgan fingerprint density at radius 2 is 2.11 bits per heavy atom. The zero-order chi connectivity index (χ0) is 13.9. The molecule has 1 aromatic rings. The molecule has 0 aliphatic heterocycles. The van der Waals surface area contributed by atoms with Gasteiger partial charge in [0.2, 0.25) is 0 Å². The minimum atomic E-state index is -0.554. The number of aromatic hydroxyl groups is 1.